The van der Waals surface area contributed by atoms with E-state index in [4.69, 9.17) is 0 Å². The fraction of sp³-hybridized carbons (Fsp3) is 0.625. The number of hydrogen-bond acceptors (Lipinski definition) is 1. The predicted octanol–water partition coefficient (Wildman–Crippen LogP) is 3.84. The molecule has 1 aromatic carbocycles. The van der Waals surface area contributed by atoms with Gasteiger partial charge in [0.05, 0.1) is 0 Å². The van der Waals surface area contributed by atoms with E-state index >= 15 is 0 Å². The van der Waals surface area contributed by atoms with Crippen molar-refractivity contribution in [2.75, 3.05) is 0 Å². The zero-order chi connectivity index (χ0) is 12.1. The quantitative estimate of drug-likeness (QED) is 0.784. The normalized spacial score (nSPS) is 15.9. The molecule has 1 unspecified atom stereocenters. The third-order valence-corrected chi connectivity index (χ3v) is 3.81. The molecule has 17 heavy (non-hydrogen) atoms. The van der Waals surface area contributed by atoms with Crippen molar-refractivity contribution in [2.24, 2.45) is 0 Å². The molecule has 1 aromatic rings. The maximum atomic E-state index is 3.62. The lowest BCUT2D eigenvalue weighted by Crippen LogP contribution is -2.25. The summed E-state index contributed by atoms with van der Waals surface area (Å²) in [5.41, 5.74) is 4.62. The Kier molecular flexibility index (Phi) is 4.61. The van der Waals surface area contributed by atoms with E-state index in [1.807, 2.05) is 0 Å². The third-order valence-electron chi connectivity index (χ3n) is 3.81. The highest BCUT2D eigenvalue weighted by Crippen LogP contribution is 2.22. The molecule has 1 aliphatic rings. The van der Waals surface area contributed by atoms with Gasteiger partial charge in [0.15, 0.2) is 0 Å². The van der Waals surface area contributed by atoms with Gasteiger partial charge in [0.2, 0.25) is 0 Å². The minimum atomic E-state index is 0.642. The van der Waals surface area contributed by atoms with Crippen LogP contribution in [-0.4, -0.2) is 6.04 Å². The summed E-state index contributed by atoms with van der Waals surface area (Å²) in [5.74, 6) is 0. The maximum Gasteiger partial charge on any atom is 0.0208 e. The van der Waals surface area contributed by atoms with Crippen LogP contribution in [-0.2, 0) is 19.4 Å². The van der Waals surface area contributed by atoms with Gasteiger partial charge in [0.25, 0.3) is 0 Å². The topological polar surface area (TPSA) is 12.0 Å². The molecule has 0 bridgehead atoms. The molecule has 0 saturated carbocycles. The molecule has 0 amide bonds. The van der Waals surface area contributed by atoms with Crippen LogP contribution in [0.15, 0.2) is 18.2 Å². The van der Waals surface area contributed by atoms with E-state index in [0.717, 1.165) is 6.54 Å². The van der Waals surface area contributed by atoms with Crippen LogP contribution in [0.2, 0.25) is 0 Å². The summed E-state index contributed by atoms with van der Waals surface area (Å²) in [6, 6.07) is 7.67. The van der Waals surface area contributed by atoms with Crippen LogP contribution in [0.4, 0.5) is 0 Å². The summed E-state index contributed by atoms with van der Waals surface area (Å²) < 4.78 is 0. The zero-order valence-electron chi connectivity index (χ0n) is 11.3. The number of fused-ring (bicyclic) bond motifs is 1. The molecule has 0 aliphatic heterocycles. The van der Waals surface area contributed by atoms with E-state index in [9.17, 15) is 0 Å². The first-order valence-electron chi connectivity index (χ1n) is 7.13. The van der Waals surface area contributed by atoms with Gasteiger partial charge < -0.3 is 5.32 Å². The molecule has 0 heterocycles. The zero-order valence-corrected chi connectivity index (χ0v) is 11.3. The predicted molar refractivity (Wildman–Crippen MR) is 74.3 cm³/mol. The van der Waals surface area contributed by atoms with E-state index in [-0.39, 0.29) is 0 Å². The standard InChI is InChI=1S/C16H25N/c1-3-4-6-13(2)17-12-14-9-10-15-7-5-8-16(15)11-14/h9-11,13,17H,3-8,12H2,1-2H3. The van der Waals surface area contributed by atoms with Gasteiger partial charge in [-0.15, -0.1) is 0 Å². The SMILES string of the molecule is CCCCC(C)NCc1ccc2c(c1)CCC2. The average Bonchev–Trinajstić information content (AvgIpc) is 2.81. The second-order valence-electron chi connectivity index (χ2n) is 5.38. The van der Waals surface area contributed by atoms with E-state index in [2.05, 4.69) is 37.4 Å². The van der Waals surface area contributed by atoms with Crippen LogP contribution in [0, 0.1) is 0 Å². The molecule has 0 fully saturated rings. The average molecular weight is 231 g/mol. The summed E-state index contributed by atoms with van der Waals surface area (Å²) >= 11 is 0. The van der Waals surface area contributed by atoms with Gasteiger partial charge in [0.1, 0.15) is 0 Å². The number of unbranched alkanes of at least 4 members (excludes halogenated alkanes) is 1. The van der Waals surface area contributed by atoms with Crippen LogP contribution in [0.1, 0.15) is 56.2 Å². The van der Waals surface area contributed by atoms with Gasteiger partial charge in [-0.3, -0.25) is 0 Å². The lowest BCUT2D eigenvalue weighted by Gasteiger charge is -2.13. The Bertz CT molecular complexity index is 357. The molecule has 1 N–H and O–H groups in total. The smallest absolute Gasteiger partial charge is 0.0208 e. The highest BCUT2D eigenvalue weighted by molar-refractivity contribution is 5.35. The molecule has 1 atom stereocenters. The Morgan fingerprint density at radius 3 is 2.88 bits per heavy atom. The molecule has 2 rings (SSSR count). The Morgan fingerprint density at radius 2 is 2.06 bits per heavy atom. The van der Waals surface area contributed by atoms with E-state index in [0.29, 0.717) is 6.04 Å². The van der Waals surface area contributed by atoms with E-state index in [1.165, 1.54) is 44.1 Å². The van der Waals surface area contributed by atoms with Crippen molar-refractivity contribution < 1.29 is 0 Å². The first-order valence-corrected chi connectivity index (χ1v) is 7.13. The Balaban J connectivity index is 1.83. The first kappa shape index (κ1) is 12.6. The molecule has 0 aromatic heterocycles. The van der Waals surface area contributed by atoms with E-state index < -0.39 is 0 Å². The third kappa shape index (κ3) is 3.57. The number of aryl methyl sites for hydroxylation is 2. The van der Waals surface area contributed by atoms with Gasteiger partial charge >= 0.3 is 0 Å². The Hall–Kier alpha value is -0.820. The van der Waals surface area contributed by atoms with Crippen LogP contribution < -0.4 is 5.32 Å². The molecule has 94 valence electrons. The van der Waals surface area contributed by atoms with Gasteiger partial charge in [0, 0.05) is 12.6 Å². The molecule has 0 saturated heterocycles. The van der Waals surface area contributed by atoms with Crippen molar-refractivity contribution in [3.8, 4) is 0 Å². The fourth-order valence-corrected chi connectivity index (χ4v) is 2.64. The fourth-order valence-electron chi connectivity index (χ4n) is 2.64. The monoisotopic (exact) mass is 231 g/mol. The maximum absolute atomic E-state index is 3.62. The molecular weight excluding hydrogens is 206 g/mol. The summed E-state index contributed by atoms with van der Waals surface area (Å²) in [6.45, 7) is 5.58. The molecule has 0 spiro atoms. The minimum absolute atomic E-state index is 0.642. The van der Waals surface area contributed by atoms with E-state index in [1.54, 1.807) is 11.1 Å². The van der Waals surface area contributed by atoms with Crippen molar-refractivity contribution in [1.82, 2.24) is 5.32 Å². The second-order valence-corrected chi connectivity index (χ2v) is 5.38. The van der Waals surface area contributed by atoms with Gasteiger partial charge in [-0.05, 0) is 49.3 Å². The summed E-state index contributed by atoms with van der Waals surface area (Å²) in [4.78, 5) is 0. The molecule has 1 aliphatic carbocycles. The largest absolute Gasteiger partial charge is 0.310 e. The van der Waals surface area contributed by atoms with Crippen molar-refractivity contribution in [3.63, 3.8) is 0 Å². The van der Waals surface area contributed by atoms with Crippen molar-refractivity contribution >= 4 is 0 Å². The van der Waals surface area contributed by atoms with Crippen molar-refractivity contribution in [1.29, 1.82) is 0 Å². The van der Waals surface area contributed by atoms with Crippen LogP contribution in [0.3, 0.4) is 0 Å². The molecule has 0 radical (unpaired) electrons. The summed E-state index contributed by atoms with van der Waals surface area (Å²) in [6.07, 6.45) is 7.84. The summed E-state index contributed by atoms with van der Waals surface area (Å²) in [7, 11) is 0. The highest BCUT2D eigenvalue weighted by atomic mass is 14.9. The molecular formula is C16H25N. The van der Waals surface area contributed by atoms with Crippen LogP contribution in [0.25, 0.3) is 0 Å². The Labute approximate surface area is 106 Å². The van der Waals surface area contributed by atoms with Gasteiger partial charge in [-0.1, -0.05) is 38.0 Å². The first-order chi connectivity index (χ1) is 8.29. The Morgan fingerprint density at radius 1 is 1.24 bits per heavy atom. The van der Waals surface area contributed by atoms with Gasteiger partial charge in [-0.2, -0.15) is 0 Å². The second kappa shape index (κ2) is 6.20. The lowest BCUT2D eigenvalue weighted by atomic mass is 10.1. The van der Waals surface area contributed by atoms with Crippen LogP contribution >= 0.6 is 0 Å². The van der Waals surface area contributed by atoms with Gasteiger partial charge in [-0.25, -0.2) is 0 Å². The molecule has 1 heteroatoms. The van der Waals surface area contributed by atoms with Crippen molar-refractivity contribution in [3.05, 3.63) is 34.9 Å². The summed E-state index contributed by atoms with van der Waals surface area (Å²) in [5, 5.41) is 3.62. The number of hydrogen-bond donors (Lipinski definition) is 1. The number of benzene rings is 1. The molecule has 1 nitrogen and oxygen atoms in total. The van der Waals surface area contributed by atoms with Crippen LogP contribution in [0.5, 0.6) is 0 Å². The number of nitrogens with one attached hydrogen (secondary N) is 1. The minimum Gasteiger partial charge on any atom is -0.310 e. The van der Waals surface area contributed by atoms with Crippen molar-refractivity contribution in [2.45, 2.75) is 65.0 Å². The lowest BCUT2D eigenvalue weighted by molar-refractivity contribution is 0.495. The highest BCUT2D eigenvalue weighted by Gasteiger charge is 2.10. The number of rotatable bonds is 6.